The summed E-state index contributed by atoms with van der Waals surface area (Å²) >= 11 is 0. The number of carbonyl (C=O) groups excluding carboxylic acids is 3. The molecule has 0 heterocycles. The number of nitrogens with one attached hydrogen (secondary N) is 3. The lowest BCUT2D eigenvalue weighted by Gasteiger charge is -2.25. The number of aliphatic carboxylic acids is 1. The molecule has 0 saturated carbocycles. The fourth-order valence-corrected chi connectivity index (χ4v) is 4.06. The summed E-state index contributed by atoms with van der Waals surface area (Å²) in [4.78, 5) is 59.1. The molecule has 1 aromatic rings. The van der Waals surface area contributed by atoms with Gasteiger partial charge in [-0.15, -0.1) is 0 Å². The molecular weight excluding hydrogens is 558 g/mol. The van der Waals surface area contributed by atoms with Crippen LogP contribution in [0.15, 0.2) is 40.3 Å². The lowest BCUT2D eigenvalue weighted by molar-refractivity contribution is -0.142. The van der Waals surface area contributed by atoms with Crippen LogP contribution in [-0.4, -0.2) is 84.5 Å². The van der Waals surface area contributed by atoms with Gasteiger partial charge in [0.1, 0.15) is 18.1 Å². The second-order valence-corrected chi connectivity index (χ2v) is 10.0. The van der Waals surface area contributed by atoms with Crippen LogP contribution in [0.1, 0.15) is 50.5 Å². The number of aliphatic imine (C=N–C) groups is 2. The lowest BCUT2D eigenvalue weighted by atomic mass is 10.0. The van der Waals surface area contributed by atoms with Crippen molar-refractivity contribution in [3.63, 3.8) is 0 Å². The van der Waals surface area contributed by atoms with E-state index >= 15 is 0 Å². The number of unbranched alkanes of at least 4 members (excludes halogenated alkanes) is 1. The summed E-state index contributed by atoms with van der Waals surface area (Å²) in [6.07, 6.45) is 2.55. The van der Waals surface area contributed by atoms with Crippen molar-refractivity contribution in [2.75, 3.05) is 19.6 Å². The molecule has 16 heteroatoms. The Morgan fingerprint density at radius 2 is 1.21 bits per heavy atom. The predicted molar refractivity (Wildman–Crippen MR) is 164 cm³/mol. The molecule has 0 aliphatic rings. The van der Waals surface area contributed by atoms with Gasteiger partial charge in [-0.3, -0.25) is 24.4 Å². The molecule has 43 heavy (non-hydrogen) atoms. The van der Waals surface area contributed by atoms with Gasteiger partial charge in [0, 0.05) is 19.5 Å². The maximum absolute atomic E-state index is 13.5. The number of carboxylic acid groups (broad SMARTS) is 1. The Bertz CT molecular complexity index is 1080. The molecule has 3 amide bonds. The van der Waals surface area contributed by atoms with Gasteiger partial charge in [-0.05, 0) is 57.1 Å². The van der Waals surface area contributed by atoms with Crippen LogP contribution in [0.4, 0.5) is 0 Å². The molecule has 0 saturated heterocycles. The topological polar surface area (TPSA) is 305 Å². The molecule has 16 nitrogen and oxygen atoms in total. The van der Waals surface area contributed by atoms with Crippen molar-refractivity contribution in [2.45, 2.75) is 75.5 Å². The summed E-state index contributed by atoms with van der Waals surface area (Å²) in [6, 6.07) is 4.60. The van der Waals surface area contributed by atoms with Crippen LogP contribution in [0, 0.1) is 0 Å². The van der Waals surface area contributed by atoms with Crippen molar-refractivity contribution in [3.8, 4) is 0 Å². The third-order valence-electron chi connectivity index (χ3n) is 6.36. The number of carboxylic acids is 1. The van der Waals surface area contributed by atoms with Crippen LogP contribution >= 0.6 is 0 Å². The van der Waals surface area contributed by atoms with Crippen LogP contribution in [0.3, 0.4) is 0 Å². The fraction of sp³-hybridized carbons (Fsp3) is 0.556. The second-order valence-electron chi connectivity index (χ2n) is 10.0. The number of rotatable bonds is 21. The Hall–Kier alpha value is -4.44. The summed E-state index contributed by atoms with van der Waals surface area (Å²) in [5, 5.41) is 17.5. The summed E-state index contributed by atoms with van der Waals surface area (Å²) in [7, 11) is 0. The molecule has 0 radical (unpaired) electrons. The van der Waals surface area contributed by atoms with Crippen molar-refractivity contribution in [2.24, 2.45) is 44.4 Å². The van der Waals surface area contributed by atoms with E-state index in [1.54, 1.807) is 30.3 Å². The normalized spacial score (nSPS) is 13.4. The molecule has 0 fully saturated rings. The highest BCUT2D eigenvalue weighted by Crippen LogP contribution is 2.08. The predicted octanol–water partition coefficient (Wildman–Crippen LogP) is -2.67. The van der Waals surface area contributed by atoms with Gasteiger partial charge in [-0.1, -0.05) is 30.3 Å². The van der Waals surface area contributed by atoms with E-state index in [0.29, 0.717) is 38.8 Å². The maximum Gasteiger partial charge on any atom is 0.326 e. The lowest BCUT2D eigenvalue weighted by Crippen LogP contribution is -2.57. The van der Waals surface area contributed by atoms with E-state index < -0.39 is 47.9 Å². The number of amides is 3. The third-order valence-corrected chi connectivity index (χ3v) is 6.36. The van der Waals surface area contributed by atoms with Crippen LogP contribution < -0.4 is 50.4 Å². The van der Waals surface area contributed by atoms with E-state index in [9.17, 15) is 24.3 Å². The minimum atomic E-state index is -1.25. The zero-order valence-corrected chi connectivity index (χ0v) is 24.4. The van der Waals surface area contributed by atoms with Gasteiger partial charge in [0.05, 0.1) is 6.04 Å². The molecule has 4 unspecified atom stereocenters. The van der Waals surface area contributed by atoms with Crippen LogP contribution in [0.5, 0.6) is 0 Å². The number of hydrogen-bond donors (Lipinski definition) is 10. The maximum atomic E-state index is 13.5. The monoisotopic (exact) mass is 605 g/mol. The number of nitrogens with zero attached hydrogens (tertiary/aromatic N) is 2. The van der Waals surface area contributed by atoms with Crippen molar-refractivity contribution in [1.82, 2.24) is 16.0 Å². The van der Waals surface area contributed by atoms with Crippen molar-refractivity contribution in [3.05, 3.63) is 35.9 Å². The first-order chi connectivity index (χ1) is 20.4. The molecule has 0 bridgehead atoms. The van der Waals surface area contributed by atoms with Crippen molar-refractivity contribution in [1.29, 1.82) is 0 Å². The van der Waals surface area contributed by atoms with E-state index in [4.69, 9.17) is 34.4 Å². The van der Waals surface area contributed by atoms with Crippen LogP contribution in [0.2, 0.25) is 0 Å². The largest absolute Gasteiger partial charge is 0.480 e. The molecule has 4 atom stereocenters. The molecular formula is C27H47N11O5. The SMILES string of the molecule is NCCCCC(NC(=O)C(N)CCCN=C(N)N)C(=O)NC(Cc1ccccc1)C(=O)NC(CCCN=C(N)N)C(=O)O. The van der Waals surface area contributed by atoms with E-state index in [2.05, 4.69) is 25.9 Å². The smallest absolute Gasteiger partial charge is 0.326 e. The first-order valence-electron chi connectivity index (χ1n) is 14.2. The van der Waals surface area contributed by atoms with Crippen LogP contribution in [-0.2, 0) is 25.6 Å². The number of benzene rings is 1. The summed E-state index contributed by atoms with van der Waals surface area (Å²) in [6.45, 7) is 0.879. The summed E-state index contributed by atoms with van der Waals surface area (Å²) in [5.41, 5.74) is 33.6. The Morgan fingerprint density at radius 3 is 1.77 bits per heavy atom. The first kappa shape index (κ1) is 36.6. The van der Waals surface area contributed by atoms with Crippen LogP contribution in [0.25, 0.3) is 0 Å². The van der Waals surface area contributed by atoms with Crippen molar-refractivity contribution >= 4 is 35.6 Å². The summed E-state index contributed by atoms with van der Waals surface area (Å²) < 4.78 is 0. The standard InChI is InChI=1S/C27H47N11O5/c28-13-5-4-11-19(36-22(39)18(29)10-6-14-34-26(30)31)23(40)38-21(16-17-8-2-1-3-9-17)24(41)37-20(25(42)43)12-7-15-35-27(32)33/h1-3,8-9,18-21H,4-7,10-16,28-29H2,(H,36,39)(H,37,41)(H,38,40)(H,42,43)(H4,30,31,34)(H4,32,33,35). The Kier molecular flexibility index (Phi) is 17.4. The number of nitrogens with two attached hydrogens (primary N) is 6. The van der Waals surface area contributed by atoms with Gasteiger partial charge in [0.15, 0.2) is 11.9 Å². The Balaban J connectivity index is 3.05. The molecule has 0 aliphatic heterocycles. The molecule has 240 valence electrons. The van der Waals surface area contributed by atoms with E-state index in [0.717, 1.165) is 5.56 Å². The number of hydrogen-bond acceptors (Lipinski definition) is 8. The van der Waals surface area contributed by atoms with E-state index in [-0.39, 0.29) is 44.1 Å². The average molecular weight is 606 g/mol. The first-order valence-corrected chi connectivity index (χ1v) is 14.2. The summed E-state index contributed by atoms with van der Waals surface area (Å²) in [5.74, 6) is -3.30. The molecule has 0 spiro atoms. The molecule has 16 N–H and O–H groups in total. The van der Waals surface area contributed by atoms with Gasteiger partial charge in [-0.2, -0.15) is 0 Å². The van der Waals surface area contributed by atoms with Gasteiger partial charge in [0.2, 0.25) is 17.7 Å². The quantitative estimate of drug-likeness (QED) is 0.0391. The molecule has 1 rings (SSSR count). The highest BCUT2D eigenvalue weighted by molar-refractivity contribution is 5.94. The highest BCUT2D eigenvalue weighted by atomic mass is 16.4. The third kappa shape index (κ3) is 16.0. The highest BCUT2D eigenvalue weighted by Gasteiger charge is 2.30. The number of guanidine groups is 2. The van der Waals surface area contributed by atoms with E-state index in [1.165, 1.54) is 0 Å². The van der Waals surface area contributed by atoms with Gasteiger partial charge >= 0.3 is 5.97 Å². The number of carbonyl (C=O) groups is 4. The zero-order chi connectivity index (χ0) is 32.2. The zero-order valence-electron chi connectivity index (χ0n) is 24.4. The van der Waals surface area contributed by atoms with E-state index in [1.807, 2.05) is 0 Å². The minimum Gasteiger partial charge on any atom is -0.480 e. The van der Waals surface area contributed by atoms with Gasteiger partial charge in [-0.25, -0.2) is 4.79 Å². The molecule has 0 aromatic heterocycles. The average Bonchev–Trinajstić information content (AvgIpc) is 2.95. The van der Waals surface area contributed by atoms with Gasteiger partial charge < -0.3 is 55.5 Å². The Labute approximate surface area is 251 Å². The minimum absolute atomic E-state index is 0.0582. The van der Waals surface area contributed by atoms with Gasteiger partial charge in [0.25, 0.3) is 0 Å². The molecule has 0 aliphatic carbocycles. The second kappa shape index (κ2) is 20.4. The fourth-order valence-electron chi connectivity index (χ4n) is 4.06. The van der Waals surface area contributed by atoms with Crippen molar-refractivity contribution < 1.29 is 24.3 Å². The Morgan fingerprint density at radius 1 is 0.698 bits per heavy atom. The molecule has 1 aromatic carbocycles.